The first-order chi connectivity index (χ1) is 9.63. The van der Waals surface area contributed by atoms with Crippen LogP contribution < -0.4 is 5.32 Å². The number of amides is 1. The lowest BCUT2D eigenvalue weighted by molar-refractivity contribution is -0.112. The molecule has 1 N–H and O–H groups in total. The highest BCUT2D eigenvalue weighted by Gasteiger charge is 2.17. The number of nitrogens with one attached hydrogen (secondary N) is 1. The van der Waals surface area contributed by atoms with Crippen LogP contribution >= 0.6 is 0 Å². The number of anilines is 1. The molecule has 3 nitrogen and oxygen atoms in total. The van der Waals surface area contributed by atoms with E-state index in [4.69, 9.17) is 0 Å². The topological polar surface area (TPSA) is 46.2 Å². The highest BCUT2D eigenvalue weighted by molar-refractivity contribution is 6.46. The molecule has 0 spiro atoms. The van der Waals surface area contributed by atoms with E-state index in [1.54, 1.807) is 24.3 Å². The summed E-state index contributed by atoms with van der Waals surface area (Å²) in [6, 6.07) is 14.4. The molecule has 0 atom stereocenters. The second-order valence-corrected chi connectivity index (χ2v) is 4.61. The van der Waals surface area contributed by atoms with Gasteiger partial charge in [0.1, 0.15) is 0 Å². The number of para-hydroxylation sites is 1. The molecule has 0 aliphatic carbocycles. The zero-order valence-corrected chi connectivity index (χ0v) is 11.6. The quantitative estimate of drug-likeness (QED) is 0.682. The molecular weight excluding hydrogens is 250 g/mol. The van der Waals surface area contributed by atoms with Crippen molar-refractivity contribution in [2.45, 2.75) is 20.3 Å². The van der Waals surface area contributed by atoms with E-state index in [0.717, 1.165) is 23.2 Å². The molecule has 0 aliphatic rings. The molecule has 0 saturated carbocycles. The molecule has 20 heavy (non-hydrogen) atoms. The molecule has 0 bridgehead atoms. The maximum absolute atomic E-state index is 12.1. The van der Waals surface area contributed by atoms with E-state index in [0.29, 0.717) is 5.56 Å². The van der Waals surface area contributed by atoms with Crippen molar-refractivity contribution in [3.8, 4) is 0 Å². The summed E-state index contributed by atoms with van der Waals surface area (Å²) in [7, 11) is 0. The lowest BCUT2D eigenvalue weighted by Crippen LogP contribution is -2.24. The third kappa shape index (κ3) is 2.94. The molecule has 0 aliphatic heterocycles. The standard InChI is InChI=1S/C17H17NO2/c1-3-13-11-7-8-12(2)15(13)18-17(20)16(19)14-9-5-4-6-10-14/h4-11H,3H2,1-2H3,(H,18,20). The van der Waals surface area contributed by atoms with Gasteiger partial charge in [-0.25, -0.2) is 0 Å². The van der Waals surface area contributed by atoms with E-state index < -0.39 is 11.7 Å². The van der Waals surface area contributed by atoms with Crippen LogP contribution in [0.5, 0.6) is 0 Å². The molecule has 0 fully saturated rings. The van der Waals surface area contributed by atoms with Crippen molar-refractivity contribution in [3.05, 3.63) is 65.2 Å². The molecular formula is C17H17NO2. The van der Waals surface area contributed by atoms with Crippen LogP contribution in [-0.2, 0) is 11.2 Å². The highest BCUT2D eigenvalue weighted by atomic mass is 16.2. The highest BCUT2D eigenvalue weighted by Crippen LogP contribution is 2.21. The van der Waals surface area contributed by atoms with Crippen LogP contribution in [0.25, 0.3) is 0 Å². The first-order valence-electron chi connectivity index (χ1n) is 6.62. The van der Waals surface area contributed by atoms with Crippen LogP contribution in [0.15, 0.2) is 48.5 Å². The number of rotatable bonds is 4. The van der Waals surface area contributed by atoms with Crippen LogP contribution in [0.4, 0.5) is 5.69 Å². The predicted octanol–water partition coefficient (Wildman–Crippen LogP) is 3.38. The maximum Gasteiger partial charge on any atom is 0.296 e. The summed E-state index contributed by atoms with van der Waals surface area (Å²) in [5.74, 6) is -1.11. The first kappa shape index (κ1) is 14.0. The van der Waals surface area contributed by atoms with Crippen molar-refractivity contribution < 1.29 is 9.59 Å². The minimum absolute atomic E-state index is 0.400. The Balaban J connectivity index is 2.23. The summed E-state index contributed by atoms with van der Waals surface area (Å²) in [4.78, 5) is 24.1. The monoisotopic (exact) mass is 267 g/mol. The van der Waals surface area contributed by atoms with Gasteiger partial charge in [0.15, 0.2) is 0 Å². The van der Waals surface area contributed by atoms with Crippen LogP contribution in [-0.4, -0.2) is 11.7 Å². The zero-order chi connectivity index (χ0) is 14.5. The van der Waals surface area contributed by atoms with E-state index in [1.807, 2.05) is 38.1 Å². The van der Waals surface area contributed by atoms with Gasteiger partial charge in [0.05, 0.1) is 0 Å². The predicted molar refractivity (Wildman–Crippen MR) is 80.0 cm³/mol. The SMILES string of the molecule is CCc1cccc(C)c1NC(=O)C(=O)c1ccccc1. The molecule has 0 aromatic heterocycles. The Morgan fingerprint density at radius 3 is 2.35 bits per heavy atom. The van der Waals surface area contributed by atoms with Gasteiger partial charge in [-0.05, 0) is 24.5 Å². The van der Waals surface area contributed by atoms with E-state index >= 15 is 0 Å². The fraction of sp³-hybridized carbons (Fsp3) is 0.176. The van der Waals surface area contributed by atoms with Gasteiger partial charge in [-0.15, -0.1) is 0 Å². The van der Waals surface area contributed by atoms with Gasteiger partial charge in [-0.1, -0.05) is 55.5 Å². The Bertz CT molecular complexity index is 633. The second-order valence-electron chi connectivity index (χ2n) is 4.61. The number of aryl methyl sites for hydroxylation is 2. The van der Waals surface area contributed by atoms with Gasteiger partial charge >= 0.3 is 0 Å². The fourth-order valence-electron chi connectivity index (χ4n) is 2.09. The van der Waals surface area contributed by atoms with Crippen LogP contribution in [0.2, 0.25) is 0 Å². The van der Waals surface area contributed by atoms with E-state index in [9.17, 15) is 9.59 Å². The van der Waals surface area contributed by atoms with Crippen molar-refractivity contribution in [1.29, 1.82) is 0 Å². The minimum Gasteiger partial charge on any atom is -0.319 e. The number of hydrogen-bond donors (Lipinski definition) is 1. The van der Waals surface area contributed by atoms with Crippen molar-refractivity contribution in [1.82, 2.24) is 0 Å². The van der Waals surface area contributed by atoms with Gasteiger partial charge in [0.2, 0.25) is 0 Å². The Morgan fingerprint density at radius 1 is 1.00 bits per heavy atom. The third-order valence-electron chi connectivity index (χ3n) is 3.22. The largest absolute Gasteiger partial charge is 0.319 e. The van der Waals surface area contributed by atoms with Crippen molar-refractivity contribution in [2.24, 2.45) is 0 Å². The van der Waals surface area contributed by atoms with Gasteiger partial charge in [-0.3, -0.25) is 9.59 Å². The molecule has 0 saturated heterocycles. The van der Waals surface area contributed by atoms with Gasteiger partial charge in [-0.2, -0.15) is 0 Å². The number of hydrogen-bond acceptors (Lipinski definition) is 2. The maximum atomic E-state index is 12.1. The molecule has 2 aromatic carbocycles. The summed E-state index contributed by atoms with van der Waals surface area (Å²) in [5.41, 5.74) is 3.12. The number of benzene rings is 2. The molecule has 1 amide bonds. The normalized spacial score (nSPS) is 10.1. The van der Waals surface area contributed by atoms with Crippen molar-refractivity contribution in [2.75, 3.05) is 5.32 Å². The van der Waals surface area contributed by atoms with Crippen LogP contribution in [0.1, 0.15) is 28.4 Å². The summed E-state index contributed by atoms with van der Waals surface area (Å²) in [6.07, 6.45) is 0.802. The zero-order valence-electron chi connectivity index (χ0n) is 11.6. The van der Waals surface area contributed by atoms with Gasteiger partial charge in [0.25, 0.3) is 11.7 Å². The summed E-state index contributed by atoms with van der Waals surface area (Å²) in [5, 5.41) is 2.74. The smallest absolute Gasteiger partial charge is 0.296 e. The molecule has 3 heteroatoms. The second kappa shape index (κ2) is 6.15. The van der Waals surface area contributed by atoms with Crippen LogP contribution in [0, 0.1) is 6.92 Å². The first-order valence-corrected chi connectivity index (χ1v) is 6.62. The molecule has 2 aromatic rings. The lowest BCUT2D eigenvalue weighted by Gasteiger charge is -2.12. The number of ketones is 1. The van der Waals surface area contributed by atoms with Crippen LogP contribution in [0.3, 0.4) is 0 Å². The summed E-state index contributed by atoms with van der Waals surface area (Å²) >= 11 is 0. The number of Topliss-reactive ketones (excluding diaryl/α,β-unsaturated/α-hetero) is 1. The Kier molecular flexibility index (Phi) is 4.31. The van der Waals surface area contributed by atoms with Crippen molar-refractivity contribution in [3.63, 3.8) is 0 Å². The summed E-state index contributed by atoms with van der Waals surface area (Å²) in [6.45, 7) is 3.94. The average Bonchev–Trinajstić information content (AvgIpc) is 2.49. The Hall–Kier alpha value is -2.42. The average molecular weight is 267 g/mol. The molecule has 0 unspecified atom stereocenters. The minimum atomic E-state index is -0.597. The third-order valence-corrected chi connectivity index (χ3v) is 3.22. The number of carbonyl (C=O) groups excluding carboxylic acids is 2. The molecule has 0 heterocycles. The Labute approximate surface area is 118 Å². The van der Waals surface area contributed by atoms with Crippen molar-refractivity contribution >= 4 is 17.4 Å². The molecule has 0 radical (unpaired) electrons. The summed E-state index contributed by atoms with van der Waals surface area (Å²) < 4.78 is 0. The molecule has 2 rings (SSSR count). The molecule has 102 valence electrons. The van der Waals surface area contributed by atoms with E-state index in [2.05, 4.69) is 5.32 Å². The van der Waals surface area contributed by atoms with E-state index in [1.165, 1.54) is 0 Å². The van der Waals surface area contributed by atoms with Gasteiger partial charge in [0, 0.05) is 11.3 Å². The Morgan fingerprint density at radius 2 is 1.70 bits per heavy atom. The van der Waals surface area contributed by atoms with E-state index in [-0.39, 0.29) is 0 Å². The number of carbonyl (C=O) groups is 2. The lowest BCUT2D eigenvalue weighted by atomic mass is 10.0. The van der Waals surface area contributed by atoms with Gasteiger partial charge < -0.3 is 5.32 Å². The fourth-order valence-corrected chi connectivity index (χ4v) is 2.09.